The average molecular weight is 445 g/mol. The SMILES string of the molecule is C.CN(C)c1nc(NCC2CCC(NCc3c[nH]c4ccccc34)CC2)nc2ccccc12. The molecule has 3 N–H and O–H groups in total. The number of aromatic amines is 1. The highest BCUT2D eigenvalue weighted by atomic mass is 15.2. The zero-order chi connectivity index (χ0) is 21.9. The molecule has 0 aliphatic heterocycles. The molecule has 1 fully saturated rings. The number of benzene rings is 2. The first-order chi connectivity index (χ1) is 15.7. The van der Waals surface area contributed by atoms with Gasteiger partial charge in [-0.05, 0) is 55.4 Å². The molecule has 2 aromatic heterocycles. The van der Waals surface area contributed by atoms with Gasteiger partial charge in [0.1, 0.15) is 5.82 Å². The van der Waals surface area contributed by atoms with Gasteiger partial charge in [-0.15, -0.1) is 0 Å². The van der Waals surface area contributed by atoms with Crippen molar-refractivity contribution in [3.63, 3.8) is 0 Å². The van der Waals surface area contributed by atoms with Crippen LogP contribution in [0.1, 0.15) is 38.7 Å². The molecule has 0 unspecified atom stereocenters. The Morgan fingerprint density at radius 2 is 1.67 bits per heavy atom. The minimum atomic E-state index is 0. The molecule has 0 atom stereocenters. The van der Waals surface area contributed by atoms with E-state index in [1.807, 2.05) is 26.2 Å². The molecule has 2 aromatic carbocycles. The highest BCUT2D eigenvalue weighted by Crippen LogP contribution is 2.27. The second-order valence-electron chi connectivity index (χ2n) is 9.12. The molecule has 1 aliphatic carbocycles. The Balaban J connectivity index is 0.00000259. The van der Waals surface area contributed by atoms with Gasteiger partial charge in [-0.25, -0.2) is 4.98 Å². The summed E-state index contributed by atoms with van der Waals surface area (Å²) in [5.74, 6) is 2.36. The molecule has 4 aromatic rings. The van der Waals surface area contributed by atoms with Crippen molar-refractivity contribution in [2.24, 2.45) is 5.92 Å². The fourth-order valence-corrected chi connectivity index (χ4v) is 4.82. The fraction of sp³-hybridized carbons (Fsp3) is 0.407. The standard InChI is InChI=1S/C26H32N6.CH4/c1-32(2)25-22-8-4-6-10-24(22)30-26(31-25)29-15-18-11-13-20(14-12-18)27-16-19-17-28-23-9-5-3-7-21(19)23;/h3-10,17-18,20,27-28H,11-16H2,1-2H3,(H,29,30,31);1H4. The van der Waals surface area contributed by atoms with E-state index in [2.05, 4.69) is 63.1 Å². The number of fused-ring (bicyclic) bond motifs is 2. The second kappa shape index (κ2) is 10.2. The third kappa shape index (κ3) is 5.11. The van der Waals surface area contributed by atoms with Crippen LogP contribution in [-0.4, -0.2) is 41.6 Å². The molecular weight excluding hydrogens is 408 g/mol. The Morgan fingerprint density at radius 3 is 2.45 bits per heavy atom. The monoisotopic (exact) mass is 444 g/mol. The summed E-state index contributed by atoms with van der Waals surface area (Å²) < 4.78 is 0. The third-order valence-corrected chi connectivity index (χ3v) is 6.66. The first-order valence-electron chi connectivity index (χ1n) is 11.6. The van der Waals surface area contributed by atoms with E-state index in [0.717, 1.165) is 35.8 Å². The number of rotatable bonds is 7. The quantitative estimate of drug-likeness (QED) is 0.347. The van der Waals surface area contributed by atoms with Crippen LogP contribution in [0.2, 0.25) is 0 Å². The van der Waals surface area contributed by atoms with Crippen molar-refractivity contribution < 1.29 is 0 Å². The number of hydrogen-bond donors (Lipinski definition) is 3. The van der Waals surface area contributed by atoms with Gasteiger partial charge in [-0.3, -0.25) is 0 Å². The summed E-state index contributed by atoms with van der Waals surface area (Å²) in [6.45, 7) is 1.86. The summed E-state index contributed by atoms with van der Waals surface area (Å²) in [7, 11) is 4.06. The normalized spacial score (nSPS) is 18.2. The molecule has 0 radical (unpaired) electrons. The maximum Gasteiger partial charge on any atom is 0.225 e. The van der Waals surface area contributed by atoms with E-state index in [1.54, 1.807) is 0 Å². The van der Waals surface area contributed by atoms with Gasteiger partial charge in [-0.1, -0.05) is 37.8 Å². The topological polar surface area (TPSA) is 68.9 Å². The molecule has 0 saturated heterocycles. The molecule has 0 amide bonds. The van der Waals surface area contributed by atoms with Crippen LogP contribution in [0, 0.1) is 5.92 Å². The van der Waals surface area contributed by atoms with Crippen molar-refractivity contribution >= 4 is 33.6 Å². The lowest BCUT2D eigenvalue weighted by Crippen LogP contribution is -2.34. The van der Waals surface area contributed by atoms with Crippen LogP contribution in [-0.2, 0) is 6.54 Å². The van der Waals surface area contributed by atoms with E-state index < -0.39 is 0 Å². The average Bonchev–Trinajstić information content (AvgIpc) is 3.24. The maximum atomic E-state index is 4.77. The van der Waals surface area contributed by atoms with Gasteiger partial charge in [0.15, 0.2) is 0 Å². The number of aromatic nitrogens is 3. The Hall–Kier alpha value is -3.12. The molecule has 5 rings (SSSR count). The maximum absolute atomic E-state index is 4.77. The Bertz CT molecular complexity index is 1190. The van der Waals surface area contributed by atoms with Crippen LogP contribution < -0.4 is 15.5 Å². The predicted molar refractivity (Wildman–Crippen MR) is 140 cm³/mol. The minimum Gasteiger partial charge on any atom is -0.362 e. The van der Waals surface area contributed by atoms with Crippen LogP contribution in [0.15, 0.2) is 54.7 Å². The number of hydrogen-bond acceptors (Lipinski definition) is 5. The van der Waals surface area contributed by atoms with Crippen molar-refractivity contribution in [2.75, 3.05) is 30.9 Å². The lowest BCUT2D eigenvalue weighted by Gasteiger charge is -2.29. The third-order valence-electron chi connectivity index (χ3n) is 6.66. The van der Waals surface area contributed by atoms with Crippen molar-refractivity contribution in [2.45, 2.75) is 45.7 Å². The zero-order valence-electron chi connectivity index (χ0n) is 18.9. The van der Waals surface area contributed by atoms with Crippen molar-refractivity contribution in [3.8, 4) is 0 Å². The molecule has 6 heteroatoms. The summed E-state index contributed by atoms with van der Waals surface area (Å²) in [5.41, 5.74) is 3.56. The molecule has 1 aliphatic rings. The Morgan fingerprint density at radius 1 is 0.939 bits per heavy atom. The number of nitrogens with zero attached hydrogens (tertiary/aromatic N) is 3. The Labute approximate surface area is 196 Å². The highest BCUT2D eigenvalue weighted by Gasteiger charge is 2.21. The number of H-pyrrole nitrogens is 1. The van der Waals surface area contributed by atoms with Crippen LogP contribution in [0.3, 0.4) is 0 Å². The molecule has 0 bridgehead atoms. The summed E-state index contributed by atoms with van der Waals surface area (Å²) in [4.78, 5) is 14.9. The largest absolute Gasteiger partial charge is 0.362 e. The van der Waals surface area contributed by atoms with Gasteiger partial charge in [0.05, 0.1) is 5.52 Å². The minimum absolute atomic E-state index is 0. The molecule has 2 heterocycles. The van der Waals surface area contributed by atoms with Crippen molar-refractivity contribution in [1.82, 2.24) is 20.3 Å². The van der Waals surface area contributed by atoms with E-state index in [1.165, 1.54) is 42.1 Å². The first kappa shape index (κ1) is 23.1. The predicted octanol–water partition coefficient (Wildman–Crippen LogP) is 5.57. The van der Waals surface area contributed by atoms with E-state index in [0.29, 0.717) is 12.0 Å². The van der Waals surface area contributed by atoms with E-state index >= 15 is 0 Å². The molecule has 1 saturated carbocycles. The fourth-order valence-electron chi connectivity index (χ4n) is 4.82. The Kier molecular flexibility index (Phi) is 7.14. The summed E-state index contributed by atoms with van der Waals surface area (Å²) in [5, 5.41) is 9.71. The van der Waals surface area contributed by atoms with E-state index in [9.17, 15) is 0 Å². The van der Waals surface area contributed by atoms with E-state index in [4.69, 9.17) is 9.97 Å². The molecule has 6 nitrogen and oxygen atoms in total. The number of para-hydroxylation sites is 2. The first-order valence-corrected chi connectivity index (χ1v) is 11.6. The number of nitrogens with one attached hydrogen (secondary N) is 3. The molecule has 33 heavy (non-hydrogen) atoms. The van der Waals surface area contributed by atoms with Crippen LogP contribution >= 0.6 is 0 Å². The van der Waals surface area contributed by atoms with Gasteiger partial charge in [0.2, 0.25) is 5.95 Å². The summed E-state index contributed by atoms with van der Waals surface area (Å²) in [6.07, 6.45) is 7.03. The van der Waals surface area contributed by atoms with Gasteiger partial charge in [0.25, 0.3) is 0 Å². The van der Waals surface area contributed by atoms with Gasteiger partial charge >= 0.3 is 0 Å². The van der Waals surface area contributed by atoms with Crippen LogP contribution in [0.4, 0.5) is 11.8 Å². The van der Waals surface area contributed by atoms with Crippen molar-refractivity contribution in [3.05, 3.63) is 60.3 Å². The van der Waals surface area contributed by atoms with Crippen LogP contribution in [0.5, 0.6) is 0 Å². The van der Waals surface area contributed by atoms with Crippen molar-refractivity contribution in [1.29, 1.82) is 0 Å². The smallest absolute Gasteiger partial charge is 0.225 e. The zero-order valence-corrected chi connectivity index (χ0v) is 18.9. The molecule has 0 spiro atoms. The lowest BCUT2D eigenvalue weighted by molar-refractivity contribution is 0.300. The molecular formula is C27H36N6. The second-order valence-corrected chi connectivity index (χ2v) is 9.12. The summed E-state index contributed by atoms with van der Waals surface area (Å²) >= 11 is 0. The van der Waals surface area contributed by atoms with Gasteiger partial charge in [0, 0.05) is 55.7 Å². The summed E-state index contributed by atoms with van der Waals surface area (Å²) in [6, 6.07) is 17.3. The molecule has 174 valence electrons. The highest BCUT2D eigenvalue weighted by molar-refractivity contribution is 5.90. The van der Waals surface area contributed by atoms with Gasteiger partial charge < -0.3 is 20.5 Å². The van der Waals surface area contributed by atoms with Crippen LogP contribution in [0.25, 0.3) is 21.8 Å². The lowest BCUT2D eigenvalue weighted by atomic mass is 9.86. The number of anilines is 2. The van der Waals surface area contributed by atoms with Gasteiger partial charge in [-0.2, -0.15) is 4.98 Å². The van der Waals surface area contributed by atoms with E-state index in [-0.39, 0.29) is 7.43 Å².